The van der Waals surface area contributed by atoms with E-state index in [1.807, 2.05) is 26.0 Å². The number of hydrogen-bond acceptors (Lipinski definition) is 6. The number of thioether (sulfide) groups is 1. The number of ether oxygens (including phenoxy) is 2. The fourth-order valence-electron chi connectivity index (χ4n) is 2.49. The van der Waals surface area contributed by atoms with Crippen molar-refractivity contribution in [2.75, 3.05) is 18.2 Å². The van der Waals surface area contributed by atoms with Crippen molar-refractivity contribution in [3.63, 3.8) is 0 Å². The third kappa shape index (κ3) is 5.37. The van der Waals surface area contributed by atoms with E-state index < -0.39 is 0 Å². The molecule has 0 fully saturated rings. The Hall–Kier alpha value is -2.74. The lowest BCUT2D eigenvalue weighted by molar-refractivity contribution is 0.291. The van der Waals surface area contributed by atoms with Crippen LogP contribution in [0, 0.1) is 19.7 Å². The molecule has 0 spiro atoms. The Labute approximate surface area is 161 Å². The van der Waals surface area contributed by atoms with Gasteiger partial charge in [0.25, 0.3) is 0 Å². The molecule has 2 aromatic carbocycles. The molecule has 1 heterocycles. The van der Waals surface area contributed by atoms with E-state index in [0.717, 1.165) is 5.75 Å². The van der Waals surface area contributed by atoms with Gasteiger partial charge in [-0.05, 0) is 61.4 Å². The van der Waals surface area contributed by atoms with Crippen molar-refractivity contribution in [1.82, 2.24) is 14.9 Å². The molecule has 0 unspecified atom stereocenters. The molecule has 2 N–H and O–H groups in total. The Kier molecular flexibility index (Phi) is 6.18. The van der Waals surface area contributed by atoms with Crippen molar-refractivity contribution in [1.29, 1.82) is 0 Å². The molecule has 0 aliphatic carbocycles. The fourth-order valence-corrected chi connectivity index (χ4v) is 3.18. The molecule has 0 atom stereocenters. The third-order valence-electron chi connectivity index (χ3n) is 3.70. The minimum absolute atomic E-state index is 0.148. The maximum absolute atomic E-state index is 12.9. The quantitative estimate of drug-likeness (QED) is 0.362. The molecule has 0 saturated carbocycles. The van der Waals surface area contributed by atoms with Crippen LogP contribution in [0.25, 0.3) is 0 Å². The van der Waals surface area contributed by atoms with Crippen molar-refractivity contribution in [3.05, 3.63) is 65.2 Å². The van der Waals surface area contributed by atoms with Gasteiger partial charge in [0.15, 0.2) is 5.82 Å². The van der Waals surface area contributed by atoms with Crippen LogP contribution in [0.15, 0.2) is 47.6 Å². The van der Waals surface area contributed by atoms with Gasteiger partial charge in [-0.15, -0.1) is 10.2 Å². The maximum atomic E-state index is 12.9. The Bertz CT molecular complexity index is 879. The fraction of sp³-hybridized carbons (Fsp3) is 0.263. The van der Waals surface area contributed by atoms with Crippen LogP contribution in [0.4, 0.5) is 4.39 Å². The van der Waals surface area contributed by atoms with Crippen molar-refractivity contribution >= 4 is 11.8 Å². The Morgan fingerprint density at radius 2 is 1.70 bits per heavy atom. The van der Waals surface area contributed by atoms with E-state index in [1.54, 1.807) is 12.1 Å². The molecule has 0 amide bonds. The minimum atomic E-state index is -0.314. The van der Waals surface area contributed by atoms with Crippen LogP contribution >= 0.6 is 11.8 Å². The number of rotatable bonds is 8. The molecule has 0 radical (unpaired) electrons. The van der Waals surface area contributed by atoms with Gasteiger partial charge in [-0.3, -0.25) is 0 Å². The highest BCUT2D eigenvalue weighted by Crippen LogP contribution is 2.19. The number of hydrogen-bond donors (Lipinski definition) is 1. The maximum Gasteiger partial charge on any atom is 0.210 e. The summed E-state index contributed by atoms with van der Waals surface area (Å²) in [7, 11) is 0. The third-order valence-corrected chi connectivity index (χ3v) is 4.60. The summed E-state index contributed by atoms with van der Waals surface area (Å²) in [6, 6.07) is 11.9. The lowest BCUT2D eigenvalue weighted by Gasteiger charge is -2.08. The zero-order chi connectivity index (χ0) is 19.2. The van der Waals surface area contributed by atoms with Gasteiger partial charge in [-0.2, -0.15) is 0 Å². The number of nitrogens with zero attached hydrogens (tertiary/aromatic N) is 3. The smallest absolute Gasteiger partial charge is 0.210 e. The Morgan fingerprint density at radius 1 is 1.00 bits per heavy atom. The number of nitrogen functional groups attached to an aromatic ring is 1. The molecule has 0 bridgehead atoms. The first-order chi connectivity index (χ1) is 13.0. The molecule has 0 aliphatic heterocycles. The second-order valence-electron chi connectivity index (χ2n) is 6.03. The van der Waals surface area contributed by atoms with Crippen molar-refractivity contribution in [3.8, 4) is 11.5 Å². The molecule has 3 rings (SSSR count). The molecule has 6 nitrogen and oxygen atoms in total. The van der Waals surface area contributed by atoms with E-state index in [9.17, 15) is 4.39 Å². The highest BCUT2D eigenvalue weighted by molar-refractivity contribution is 7.99. The highest BCUT2D eigenvalue weighted by atomic mass is 32.2. The SMILES string of the molecule is Cc1cc(C)cc(OCCSc2nnc(COc3ccc(F)cc3)n2N)c1. The van der Waals surface area contributed by atoms with Crippen molar-refractivity contribution in [2.45, 2.75) is 25.6 Å². The van der Waals surface area contributed by atoms with Gasteiger partial charge in [0, 0.05) is 5.75 Å². The van der Waals surface area contributed by atoms with Crippen LogP contribution in [0.3, 0.4) is 0 Å². The summed E-state index contributed by atoms with van der Waals surface area (Å²) < 4.78 is 25.6. The molecule has 142 valence electrons. The van der Waals surface area contributed by atoms with Gasteiger partial charge in [0.05, 0.1) is 6.61 Å². The van der Waals surface area contributed by atoms with Gasteiger partial charge in [-0.1, -0.05) is 17.8 Å². The van der Waals surface area contributed by atoms with Gasteiger partial charge in [0.2, 0.25) is 5.16 Å². The lowest BCUT2D eigenvalue weighted by atomic mass is 10.1. The largest absolute Gasteiger partial charge is 0.493 e. The van der Waals surface area contributed by atoms with E-state index in [2.05, 4.69) is 16.3 Å². The Balaban J connectivity index is 1.47. The lowest BCUT2D eigenvalue weighted by Crippen LogP contribution is -2.16. The molecule has 3 aromatic rings. The summed E-state index contributed by atoms with van der Waals surface area (Å²) in [5.74, 6) is 8.26. The van der Waals surface area contributed by atoms with E-state index in [1.165, 1.54) is 39.7 Å². The normalized spacial score (nSPS) is 10.8. The number of benzene rings is 2. The summed E-state index contributed by atoms with van der Waals surface area (Å²) >= 11 is 1.45. The van der Waals surface area contributed by atoms with Crippen LogP contribution in [-0.2, 0) is 6.61 Å². The molecule has 0 aliphatic rings. The molecule has 0 saturated heterocycles. The number of halogens is 1. The summed E-state index contributed by atoms with van der Waals surface area (Å²) in [5, 5.41) is 8.69. The van der Waals surface area contributed by atoms with Gasteiger partial charge < -0.3 is 15.3 Å². The molecular weight excluding hydrogens is 367 g/mol. The van der Waals surface area contributed by atoms with E-state index in [-0.39, 0.29) is 12.4 Å². The number of aromatic nitrogens is 3. The Morgan fingerprint density at radius 3 is 2.41 bits per heavy atom. The van der Waals surface area contributed by atoms with Gasteiger partial charge in [0.1, 0.15) is 23.9 Å². The van der Waals surface area contributed by atoms with Crippen LogP contribution in [0.5, 0.6) is 11.5 Å². The summed E-state index contributed by atoms with van der Waals surface area (Å²) in [5.41, 5.74) is 2.34. The van der Waals surface area contributed by atoms with Crippen LogP contribution in [-0.4, -0.2) is 27.2 Å². The summed E-state index contributed by atoms with van der Waals surface area (Å²) in [4.78, 5) is 0. The second kappa shape index (κ2) is 8.77. The molecule has 1 aromatic heterocycles. The van der Waals surface area contributed by atoms with Gasteiger partial charge >= 0.3 is 0 Å². The first-order valence-corrected chi connectivity index (χ1v) is 9.41. The minimum Gasteiger partial charge on any atom is -0.493 e. The van der Waals surface area contributed by atoms with Crippen molar-refractivity contribution in [2.24, 2.45) is 0 Å². The molecular formula is C19H21FN4O2S. The van der Waals surface area contributed by atoms with Gasteiger partial charge in [-0.25, -0.2) is 9.07 Å². The molecule has 8 heteroatoms. The monoisotopic (exact) mass is 388 g/mol. The zero-order valence-electron chi connectivity index (χ0n) is 15.2. The average molecular weight is 388 g/mol. The van der Waals surface area contributed by atoms with Crippen LogP contribution < -0.4 is 15.3 Å². The van der Waals surface area contributed by atoms with Crippen LogP contribution in [0.1, 0.15) is 17.0 Å². The topological polar surface area (TPSA) is 75.2 Å². The van der Waals surface area contributed by atoms with E-state index >= 15 is 0 Å². The average Bonchev–Trinajstić information content (AvgIpc) is 2.97. The highest BCUT2D eigenvalue weighted by Gasteiger charge is 2.11. The van der Waals surface area contributed by atoms with Crippen LogP contribution in [0.2, 0.25) is 0 Å². The number of aryl methyl sites for hydroxylation is 2. The van der Waals surface area contributed by atoms with E-state index in [0.29, 0.717) is 29.1 Å². The predicted octanol–water partition coefficient (Wildman–Crippen LogP) is 3.50. The standard InChI is InChI=1S/C19H21FN4O2S/c1-13-9-14(2)11-17(10-13)25-7-8-27-19-23-22-18(24(19)21)12-26-16-5-3-15(20)4-6-16/h3-6,9-11H,7-8,12,21H2,1-2H3. The summed E-state index contributed by atoms with van der Waals surface area (Å²) in [6.07, 6.45) is 0. The molecule has 27 heavy (non-hydrogen) atoms. The second-order valence-corrected chi connectivity index (χ2v) is 7.09. The first-order valence-electron chi connectivity index (χ1n) is 8.43. The van der Waals surface area contributed by atoms with Crippen molar-refractivity contribution < 1.29 is 13.9 Å². The summed E-state index contributed by atoms with van der Waals surface area (Å²) in [6.45, 7) is 4.76. The number of nitrogens with two attached hydrogens (primary N) is 1. The zero-order valence-corrected chi connectivity index (χ0v) is 16.0. The van der Waals surface area contributed by atoms with E-state index in [4.69, 9.17) is 15.3 Å². The predicted molar refractivity (Wildman–Crippen MR) is 103 cm³/mol. The first kappa shape index (κ1) is 19.0.